The Kier molecular flexibility index (Phi) is 4.90. The number of ether oxygens (including phenoxy) is 4. The lowest BCUT2D eigenvalue weighted by molar-refractivity contribution is -0.183. The summed E-state index contributed by atoms with van der Waals surface area (Å²) in [7, 11) is 1.59. The van der Waals surface area contributed by atoms with Crippen LogP contribution in [0.2, 0.25) is 0 Å². The number of carbonyl (C=O) groups is 1. The Morgan fingerprint density at radius 1 is 1.04 bits per heavy atom. The molecule has 2 aromatic carbocycles. The predicted octanol–water partition coefficient (Wildman–Crippen LogP) is 3.74. The molecule has 0 amide bonds. The zero-order chi connectivity index (χ0) is 16.1. The van der Waals surface area contributed by atoms with Crippen molar-refractivity contribution in [2.45, 2.75) is 12.7 Å². The van der Waals surface area contributed by atoms with Gasteiger partial charge < -0.3 is 18.9 Å². The normalized spacial score (nSPS) is 15.2. The van der Waals surface area contributed by atoms with E-state index in [2.05, 4.69) is 0 Å². The van der Waals surface area contributed by atoms with E-state index in [1.165, 1.54) is 0 Å². The molecule has 5 heteroatoms. The van der Waals surface area contributed by atoms with Crippen LogP contribution >= 0.6 is 0 Å². The van der Waals surface area contributed by atoms with Crippen molar-refractivity contribution in [3.05, 3.63) is 53.6 Å². The summed E-state index contributed by atoms with van der Waals surface area (Å²) in [5.41, 5.74) is 1.48. The largest absolute Gasteiger partial charge is 0.493 e. The molecule has 0 spiro atoms. The summed E-state index contributed by atoms with van der Waals surface area (Å²) in [6.45, 7) is 1.36. The lowest BCUT2D eigenvalue weighted by Crippen LogP contribution is -2.17. The molecule has 0 bridgehead atoms. The van der Waals surface area contributed by atoms with Crippen LogP contribution in [0.15, 0.2) is 42.5 Å². The monoisotopic (exact) mass is 314 g/mol. The van der Waals surface area contributed by atoms with E-state index < -0.39 is 0 Å². The molecule has 1 aliphatic rings. The van der Waals surface area contributed by atoms with Gasteiger partial charge in [-0.3, -0.25) is 4.79 Å². The van der Waals surface area contributed by atoms with Crippen molar-refractivity contribution < 1.29 is 23.7 Å². The van der Waals surface area contributed by atoms with E-state index in [0.29, 0.717) is 36.0 Å². The topological polar surface area (TPSA) is 54.0 Å². The van der Waals surface area contributed by atoms with E-state index in [1.54, 1.807) is 31.4 Å². The van der Waals surface area contributed by atoms with Crippen LogP contribution in [0.25, 0.3) is 0 Å². The number of methoxy groups -OCH3 is 1. The molecule has 0 N–H and O–H groups in total. The fourth-order valence-corrected chi connectivity index (χ4v) is 2.34. The van der Waals surface area contributed by atoms with E-state index in [4.69, 9.17) is 18.9 Å². The smallest absolute Gasteiger partial charge is 0.183 e. The molecular formula is C18H18O5. The number of carbonyl (C=O) groups excluding carboxylic acids is 1. The van der Waals surface area contributed by atoms with Crippen LogP contribution in [0, 0.1) is 0 Å². The molecule has 0 unspecified atom stereocenters. The van der Waals surface area contributed by atoms with Crippen molar-refractivity contribution >= 4 is 6.29 Å². The van der Waals surface area contributed by atoms with Crippen LogP contribution in [-0.2, 0) is 9.47 Å². The molecule has 0 saturated carbocycles. The second-order valence-electron chi connectivity index (χ2n) is 5.13. The number of rotatable bonds is 5. The maximum atomic E-state index is 10.7. The maximum Gasteiger partial charge on any atom is 0.183 e. The van der Waals surface area contributed by atoms with Gasteiger partial charge in [0.15, 0.2) is 17.8 Å². The molecule has 3 rings (SSSR count). The molecule has 1 heterocycles. The second kappa shape index (κ2) is 7.26. The highest BCUT2D eigenvalue weighted by Crippen LogP contribution is 2.35. The van der Waals surface area contributed by atoms with E-state index >= 15 is 0 Å². The van der Waals surface area contributed by atoms with Crippen molar-refractivity contribution in [2.75, 3.05) is 20.3 Å². The molecule has 23 heavy (non-hydrogen) atoms. The third-order valence-corrected chi connectivity index (χ3v) is 3.53. The summed E-state index contributed by atoms with van der Waals surface area (Å²) in [6, 6.07) is 12.5. The zero-order valence-corrected chi connectivity index (χ0v) is 12.9. The number of hydrogen-bond acceptors (Lipinski definition) is 5. The Balaban J connectivity index is 1.84. The highest BCUT2D eigenvalue weighted by atomic mass is 16.7. The van der Waals surface area contributed by atoms with Crippen LogP contribution in [0.3, 0.4) is 0 Å². The van der Waals surface area contributed by atoms with Gasteiger partial charge in [0.05, 0.1) is 20.3 Å². The van der Waals surface area contributed by atoms with Crippen molar-refractivity contribution in [1.29, 1.82) is 0 Å². The zero-order valence-electron chi connectivity index (χ0n) is 12.9. The third-order valence-electron chi connectivity index (χ3n) is 3.53. The number of benzene rings is 2. The molecule has 0 radical (unpaired) electrons. The molecule has 1 fully saturated rings. The Morgan fingerprint density at radius 3 is 2.43 bits per heavy atom. The minimum absolute atomic E-state index is 0.380. The van der Waals surface area contributed by atoms with Crippen LogP contribution < -0.4 is 9.47 Å². The molecule has 1 aliphatic heterocycles. The number of aldehydes is 1. The summed E-state index contributed by atoms with van der Waals surface area (Å²) in [4.78, 5) is 10.7. The minimum atomic E-state index is -0.380. The SMILES string of the molecule is COc1ccc(C2OCCCO2)cc1Oc1ccc(C=O)cc1. The van der Waals surface area contributed by atoms with Gasteiger partial charge in [0.2, 0.25) is 0 Å². The van der Waals surface area contributed by atoms with Gasteiger partial charge in [-0.05, 0) is 42.8 Å². The van der Waals surface area contributed by atoms with Crippen LogP contribution in [0.1, 0.15) is 28.6 Å². The van der Waals surface area contributed by atoms with Gasteiger partial charge in [-0.15, -0.1) is 0 Å². The molecule has 5 nitrogen and oxygen atoms in total. The predicted molar refractivity (Wildman–Crippen MR) is 84.2 cm³/mol. The lowest BCUT2D eigenvalue weighted by Gasteiger charge is -2.24. The molecule has 120 valence electrons. The summed E-state index contributed by atoms with van der Waals surface area (Å²) in [5, 5.41) is 0. The van der Waals surface area contributed by atoms with Gasteiger partial charge in [-0.2, -0.15) is 0 Å². The van der Waals surface area contributed by atoms with Gasteiger partial charge in [-0.25, -0.2) is 0 Å². The molecule has 1 saturated heterocycles. The first-order valence-corrected chi connectivity index (χ1v) is 7.44. The van der Waals surface area contributed by atoms with Crippen LogP contribution in [0.5, 0.6) is 17.2 Å². The van der Waals surface area contributed by atoms with Gasteiger partial charge in [-0.1, -0.05) is 6.07 Å². The first kappa shape index (κ1) is 15.5. The Hall–Kier alpha value is -2.37. The third kappa shape index (κ3) is 3.70. The van der Waals surface area contributed by atoms with Crippen molar-refractivity contribution in [1.82, 2.24) is 0 Å². The first-order chi connectivity index (χ1) is 11.3. The van der Waals surface area contributed by atoms with E-state index in [9.17, 15) is 4.79 Å². The average Bonchev–Trinajstić information content (AvgIpc) is 2.63. The van der Waals surface area contributed by atoms with Crippen molar-refractivity contribution in [3.8, 4) is 17.2 Å². The van der Waals surface area contributed by atoms with Gasteiger partial charge in [0, 0.05) is 11.1 Å². The Morgan fingerprint density at radius 2 is 1.78 bits per heavy atom. The van der Waals surface area contributed by atoms with Crippen molar-refractivity contribution in [2.24, 2.45) is 0 Å². The molecule has 0 aromatic heterocycles. The first-order valence-electron chi connectivity index (χ1n) is 7.44. The van der Waals surface area contributed by atoms with Crippen molar-refractivity contribution in [3.63, 3.8) is 0 Å². The molecule has 2 aromatic rings. The van der Waals surface area contributed by atoms with Gasteiger partial charge in [0.1, 0.15) is 12.0 Å². The summed E-state index contributed by atoms with van der Waals surface area (Å²) in [6.07, 6.45) is 1.32. The highest BCUT2D eigenvalue weighted by Gasteiger charge is 2.19. The quantitative estimate of drug-likeness (QED) is 0.787. The van der Waals surface area contributed by atoms with E-state index in [0.717, 1.165) is 18.3 Å². The Labute approximate surface area is 134 Å². The molecule has 0 aliphatic carbocycles. The summed E-state index contributed by atoms with van der Waals surface area (Å²) < 4.78 is 22.5. The standard InChI is InChI=1S/C18H18O5/c1-20-16-8-5-14(18-21-9-2-10-22-18)11-17(16)23-15-6-3-13(12-19)4-7-15/h3-8,11-12,18H,2,9-10H2,1H3. The Bertz CT molecular complexity index is 660. The number of hydrogen-bond donors (Lipinski definition) is 0. The summed E-state index contributed by atoms with van der Waals surface area (Å²) in [5.74, 6) is 1.81. The minimum Gasteiger partial charge on any atom is -0.493 e. The summed E-state index contributed by atoms with van der Waals surface area (Å²) >= 11 is 0. The highest BCUT2D eigenvalue weighted by molar-refractivity contribution is 5.74. The van der Waals surface area contributed by atoms with Gasteiger partial charge in [0.25, 0.3) is 0 Å². The molecular weight excluding hydrogens is 296 g/mol. The maximum absolute atomic E-state index is 10.7. The second-order valence-corrected chi connectivity index (χ2v) is 5.13. The molecule has 0 atom stereocenters. The van der Waals surface area contributed by atoms with Crippen LogP contribution in [-0.4, -0.2) is 26.6 Å². The fourth-order valence-electron chi connectivity index (χ4n) is 2.34. The average molecular weight is 314 g/mol. The van der Waals surface area contributed by atoms with E-state index in [-0.39, 0.29) is 6.29 Å². The lowest BCUT2D eigenvalue weighted by atomic mass is 10.2. The van der Waals surface area contributed by atoms with E-state index in [1.807, 2.05) is 18.2 Å². The fraction of sp³-hybridized carbons (Fsp3) is 0.278. The van der Waals surface area contributed by atoms with Gasteiger partial charge >= 0.3 is 0 Å². The van der Waals surface area contributed by atoms with Crippen LogP contribution in [0.4, 0.5) is 0 Å².